The molecule has 0 aromatic carbocycles. The highest BCUT2D eigenvalue weighted by atomic mass is 16.5. The van der Waals surface area contributed by atoms with Gasteiger partial charge in [-0.1, -0.05) is 50.7 Å². The van der Waals surface area contributed by atoms with Crippen molar-refractivity contribution in [2.75, 3.05) is 7.11 Å². The van der Waals surface area contributed by atoms with Crippen LogP contribution in [0.5, 0.6) is 0 Å². The second-order valence-electron chi connectivity index (χ2n) is 7.06. The topological polar surface area (TPSA) is 26.3 Å². The van der Waals surface area contributed by atoms with E-state index >= 15 is 0 Å². The van der Waals surface area contributed by atoms with Gasteiger partial charge < -0.3 is 4.74 Å². The molecule has 0 aliphatic heterocycles. The van der Waals surface area contributed by atoms with Crippen LogP contribution in [-0.4, -0.2) is 19.0 Å². The molecule has 0 saturated heterocycles. The molecule has 0 N–H and O–H groups in total. The molecule has 2 heteroatoms. The van der Waals surface area contributed by atoms with Gasteiger partial charge in [0.2, 0.25) is 0 Å². The lowest BCUT2D eigenvalue weighted by atomic mass is 9.84. The fourth-order valence-corrected chi connectivity index (χ4v) is 3.77. The number of carbonyl (C=O) groups excluding carboxylic acids is 1. The van der Waals surface area contributed by atoms with E-state index in [1.165, 1.54) is 51.4 Å². The maximum absolute atomic E-state index is 12.2. The zero-order chi connectivity index (χ0) is 16.9. The van der Waals surface area contributed by atoms with E-state index < -0.39 is 0 Å². The third kappa shape index (κ3) is 8.50. The first-order valence-electron chi connectivity index (χ1n) is 9.48. The van der Waals surface area contributed by atoms with Crippen molar-refractivity contribution >= 4 is 5.78 Å². The Morgan fingerprint density at radius 1 is 1.13 bits per heavy atom. The van der Waals surface area contributed by atoms with Crippen LogP contribution in [0, 0.1) is 11.8 Å². The SMILES string of the molecule is C=CCC(CC=C)C(=O)CCCCCCC1CCCC(OC)C1. The van der Waals surface area contributed by atoms with E-state index in [4.69, 9.17) is 4.74 Å². The average Bonchev–Trinajstić information content (AvgIpc) is 2.57. The van der Waals surface area contributed by atoms with Crippen molar-refractivity contribution in [3.63, 3.8) is 0 Å². The molecule has 23 heavy (non-hydrogen) atoms. The predicted molar refractivity (Wildman–Crippen MR) is 98.6 cm³/mol. The highest BCUT2D eigenvalue weighted by molar-refractivity contribution is 5.81. The van der Waals surface area contributed by atoms with Crippen molar-refractivity contribution in [3.8, 4) is 0 Å². The monoisotopic (exact) mass is 320 g/mol. The Morgan fingerprint density at radius 2 is 1.83 bits per heavy atom. The number of carbonyl (C=O) groups is 1. The van der Waals surface area contributed by atoms with E-state index in [0.29, 0.717) is 11.9 Å². The van der Waals surface area contributed by atoms with Crippen LogP contribution in [0.25, 0.3) is 0 Å². The zero-order valence-corrected chi connectivity index (χ0v) is 15.1. The van der Waals surface area contributed by atoms with Crippen LogP contribution < -0.4 is 0 Å². The number of ether oxygens (including phenoxy) is 1. The Morgan fingerprint density at radius 3 is 2.48 bits per heavy atom. The maximum atomic E-state index is 12.2. The van der Waals surface area contributed by atoms with E-state index in [-0.39, 0.29) is 5.92 Å². The first-order valence-corrected chi connectivity index (χ1v) is 9.48. The minimum Gasteiger partial charge on any atom is -0.381 e. The van der Waals surface area contributed by atoms with Gasteiger partial charge in [0.05, 0.1) is 6.10 Å². The predicted octanol–water partition coefficient (Wildman–Crippen LogP) is 5.87. The summed E-state index contributed by atoms with van der Waals surface area (Å²) >= 11 is 0. The molecule has 0 aromatic heterocycles. The van der Waals surface area contributed by atoms with Crippen molar-refractivity contribution in [2.24, 2.45) is 11.8 Å². The molecule has 2 atom stereocenters. The highest BCUT2D eigenvalue weighted by Gasteiger charge is 2.21. The molecule has 1 saturated carbocycles. The van der Waals surface area contributed by atoms with Gasteiger partial charge in [-0.15, -0.1) is 13.2 Å². The minimum atomic E-state index is 0.109. The summed E-state index contributed by atoms with van der Waals surface area (Å²) in [6.45, 7) is 7.49. The Labute approximate surface area is 143 Å². The molecule has 1 aliphatic rings. The Kier molecular flexibility index (Phi) is 11.0. The summed E-state index contributed by atoms with van der Waals surface area (Å²) < 4.78 is 5.50. The molecule has 0 aromatic rings. The third-order valence-electron chi connectivity index (χ3n) is 5.21. The van der Waals surface area contributed by atoms with E-state index in [9.17, 15) is 4.79 Å². The number of Topliss-reactive ketones (excluding diaryl/α,β-unsaturated/α-hetero) is 1. The molecule has 2 unspecified atom stereocenters. The molecule has 0 amide bonds. The molecule has 132 valence electrons. The number of ketones is 1. The van der Waals surface area contributed by atoms with Gasteiger partial charge in [0, 0.05) is 19.4 Å². The first-order chi connectivity index (χ1) is 11.2. The van der Waals surface area contributed by atoms with Crippen LogP contribution in [0.3, 0.4) is 0 Å². The van der Waals surface area contributed by atoms with Gasteiger partial charge in [0.25, 0.3) is 0 Å². The van der Waals surface area contributed by atoms with E-state index in [1.54, 1.807) is 0 Å². The van der Waals surface area contributed by atoms with Crippen molar-refractivity contribution < 1.29 is 9.53 Å². The molecule has 1 aliphatic carbocycles. The van der Waals surface area contributed by atoms with Crippen LogP contribution in [-0.2, 0) is 9.53 Å². The molecule has 0 bridgehead atoms. The van der Waals surface area contributed by atoms with Gasteiger partial charge in [-0.2, -0.15) is 0 Å². The number of methoxy groups -OCH3 is 1. The summed E-state index contributed by atoms with van der Waals surface area (Å²) in [6.07, 6.45) is 17.8. The lowest BCUT2D eigenvalue weighted by Gasteiger charge is -2.28. The fraction of sp³-hybridized carbons (Fsp3) is 0.762. The van der Waals surface area contributed by atoms with E-state index in [1.807, 2.05) is 19.3 Å². The van der Waals surface area contributed by atoms with Crippen molar-refractivity contribution in [2.45, 2.75) is 83.2 Å². The smallest absolute Gasteiger partial charge is 0.136 e. The largest absolute Gasteiger partial charge is 0.381 e. The number of unbranched alkanes of at least 4 members (excludes halogenated alkanes) is 3. The molecule has 0 heterocycles. The van der Waals surface area contributed by atoms with Gasteiger partial charge >= 0.3 is 0 Å². The molecule has 0 spiro atoms. The summed E-state index contributed by atoms with van der Waals surface area (Å²) in [5.41, 5.74) is 0. The van der Waals surface area contributed by atoms with E-state index in [0.717, 1.165) is 31.6 Å². The van der Waals surface area contributed by atoms with Crippen LogP contribution >= 0.6 is 0 Å². The standard InChI is InChI=1S/C21H36O2/c1-4-11-19(12-5-2)21(22)16-9-7-6-8-13-18-14-10-15-20(17-18)23-3/h4-5,18-20H,1-2,6-17H2,3H3. The number of rotatable bonds is 13. The van der Waals surface area contributed by atoms with E-state index in [2.05, 4.69) is 13.2 Å². The second-order valence-corrected chi connectivity index (χ2v) is 7.06. The summed E-state index contributed by atoms with van der Waals surface area (Å²) in [7, 11) is 1.84. The van der Waals surface area contributed by atoms with Gasteiger partial charge in [-0.25, -0.2) is 0 Å². The highest BCUT2D eigenvalue weighted by Crippen LogP contribution is 2.30. The van der Waals surface area contributed by atoms with Gasteiger partial charge in [-0.3, -0.25) is 4.79 Å². The molecule has 1 fully saturated rings. The molecule has 2 nitrogen and oxygen atoms in total. The lowest BCUT2D eigenvalue weighted by molar-refractivity contribution is -0.122. The molecule has 0 radical (unpaired) electrons. The van der Waals surface area contributed by atoms with Gasteiger partial charge in [-0.05, 0) is 38.0 Å². The summed E-state index contributed by atoms with van der Waals surface area (Å²) in [5, 5.41) is 0. The summed E-state index contributed by atoms with van der Waals surface area (Å²) in [5.74, 6) is 1.36. The summed E-state index contributed by atoms with van der Waals surface area (Å²) in [4.78, 5) is 12.2. The Bertz CT molecular complexity index is 338. The molecular formula is C21H36O2. The number of hydrogen-bond donors (Lipinski definition) is 0. The third-order valence-corrected chi connectivity index (χ3v) is 5.21. The average molecular weight is 321 g/mol. The van der Waals surface area contributed by atoms with Gasteiger partial charge in [0.15, 0.2) is 0 Å². The Balaban J connectivity index is 2.07. The maximum Gasteiger partial charge on any atom is 0.136 e. The van der Waals surface area contributed by atoms with Crippen LogP contribution in [0.1, 0.15) is 77.0 Å². The summed E-state index contributed by atoms with van der Waals surface area (Å²) in [6, 6.07) is 0. The number of allylic oxidation sites excluding steroid dienone is 2. The van der Waals surface area contributed by atoms with Crippen molar-refractivity contribution in [3.05, 3.63) is 25.3 Å². The van der Waals surface area contributed by atoms with Crippen LogP contribution in [0.2, 0.25) is 0 Å². The first kappa shape index (κ1) is 20.2. The second kappa shape index (κ2) is 12.5. The van der Waals surface area contributed by atoms with Gasteiger partial charge in [0.1, 0.15) is 5.78 Å². The van der Waals surface area contributed by atoms with Crippen molar-refractivity contribution in [1.29, 1.82) is 0 Å². The van der Waals surface area contributed by atoms with Crippen molar-refractivity contribution in [1.82, 2.24) is 0 Å². The minimum absolute atomic E-state index is 0.109. The molecular weight excluding hydrogens is 284 g/mol. The Hall–Kier alpha value is -0.890. The fourth-order valence-electron chi connectivity index (χ4n) is 3.77. The number of hydrogen-bond acceptors (Lipinski definition) is 2. The van der Waals surface area contributed by atoms with Crippen LogP contribution in [0.15, 0.2) is 25.3 Å². The van der Waals surface area contributed by atoms with Crippen LogP contribution in [0.4, 0.5) is 0 Å². The molecule has 1 rings (SSSR count). The quantitative estimate of drug-likeness (QED) is 0.313. The zero-order valence-electron chi connectivity index (χ0n) is 15.1. The lowest BCUT2D eigenvalue weighted by Crippen LogP contribution is -2.21. The normalized spacial score (nSPS) is 21.3.